The topological polar surface area (TPSA) is 58.6 Å². The second kappa shape index (κ2) is 10.1. The van der Waals surface area contributed by atoms with Crippen molar-refractivity contribution < 1.29 is 14.6 Å². The normalized spacial score (nSPS) is 11.8. The van der Waals surface area contributed by atoms with Crippen molar-refractivity contribution in [3.05, 3.63) is 59.7 Å². The summed E-state index contributed by atoms with van der Waals surface area (Å²) in [7, 11) is 0. The molecule has 0 aromatic heterocycles. The Morgan fingerprint density at radius 3 is 2.44 bits per heavy atom. The van der Waals surface area contributed by atoms with Gasteiger partial charge in [-0.2, -0.15) is 0 Å². The van der Waals surface area contributed by atoms with Gasteiger partial charge in [-0.25, -0.2) is 0 Å². The largest absolute Gasteiger partial charge is 0.494 e. The molecule has 134 valence electrons. The Balaban J connectivity index is 1.84. The predicted octanol–water partition coefficient (Wildman–Crippen LogP) is 4.05. The van der Waals surface area contributed by atoms with Crippen LogP contribution in [0.1, 0.15) is 41.8 Å². The lowest BCUT2D eigenvalue weighted by molar-refractivity contribution is 0.0916. The molecule has 5 heteroatoms. The maximum atomic E-state index is 12.2. The lowest BCUT2D eigenvalue weighted by Gasteiger charge is -2.13. The molecule has 0 aliphatic carbocycles. The number of hydrogen-bond donors (Lipinski definition) is 2. The van der Waals surface area contributed by atoms with Crippen LogP contribution in [-0.4, -0.2) is 30.4 Å². The van der Waals surface area contributed by atoms with E-state index in [0.717, 1.165) is 29.1 Å². The molecule has 0 aliphatic rings. The SMILES string of the molecule is CCCCOc1ccc(C(=O)NCC(O)c2ccc(SC)cc2)cc1. The molecule has 0 spiro atoms. The molecule has 0 saturated heterocycles. The Bertz CT molecular complexity index is 656. The summed E-state index contributed by atoms with van der Waals surface area (Å²) in [5.41, 5.74) is 1.34. The van der Waals surface area contributed by atoms with Crippen LogP contribution in [-0.2, 0) is 0 Å². The van der Waals surface area contributed by atoms with E-state index >= 15 is 0 Å². The first-order chi connectivity index (χ1) is 12.1. The highest BCUT2D eigenvalue weighted by molar-refractivity contribution is 7.98. The van der Waals surface area contributed by atoms with Crippen LogP contribution in [0, 0.1) is 0 Å². The third-order valence-corrected chi connectivity index (χ3v) is 4.58. The summed E-state index contributed by atoms with van der Waals surface area (Å²) in [5.74, 6) is 0.554. The maximum Gasteiger partial charge on any atom is 0.251 e. The Morgan fingerprint density at radius 1 is 1.16 bits per heavy atom. The average Bonchev–Trinajstić information content (AvgIpc) is 2.66. The van der Waals surface area contributed by atoms with E-state index in [2.05, 4.69) is 12.2 Å². The fourth-order valence-electron chi connectivity index (χ4n) is 2.27. The van der Waals surface area contributed by atoms with Crippen molar-refractivity contribution >= 4 is 17.7 Å². The number of nitrogens with one attached hydrogen (secondary N) is 1. The molecule has 1 amide bonds. The van der Waals surface area contributed by atoms with Gasteiger partial charge >= 0.3 is 0 Å². The van der Waals surface area contributed by atoms with Crippen LogP contribution in [0.2, 0.25) is 0 Å². The van der Waals surface area contributed by atoms with Crippen LogP contribution in [0.3, 0.4) is 0 Å². The number of aliphatic hydroxyl groups excluding tert-OH is 1. The van der Waals surface area contributed by atoms with Crippen LogP contribution in [0.4, 0.5) is 0 Å². The number of unbranched alkanes of at least 4 members (excludes halogenated alkanes) is 1. The van der Waals surface area contributed by atoms with Gasteiger partial charge in [0.25, 0.3) is 5.91 Å². The number of rotatable bonds is 9. The number of carbonyl (C=O) groups excluding carboxylic acids is 1. The summed E-state index contributed by atoms with van der Waals surface area (Å²) in [4.78, 5) is 13.3. The van der Waals surface area contributed by atoms with Gasteiger partial charge in [-0.15, -0.1) is 11.8 Å². The molecule has 1 unspecified atom stereocenters. The number of hydrogen-bond acceptors (Lipinski definition) is 4. The van der Waals surface area contributed by atoms with Crippen molar-refractivity contribution in [2.45, 2.75) is 30.8 Å². The Kier molecular flexibility index (Phi) is 7.82. The lowest BCUT2D eigenvalue weighted by Crippen LogP contribution is -2.28. The summed E-state index contributed by atoms with van der Waals surface area (Å²) in [6.07, 6.45) is 3.38. The quantitative estimate of drug-likeness (QED) is 0.524. The summed E-state index contributed by atoms with van der Waals surface area (Å²) in [6.45, 7) is 2.97. The molecule has 0 saturated carbocycles. The molecule has 0 radical (unpaired) electrons. The lowest BCUT2D eigenvalue weighted by atomic mass is 10.1. The molecule has 0 fully saturated rings. The number of benzene rings is 2. The summed E-state index contributed by atoms with van der Waals surface area (Å²) >= 11 is 1.65. The van der Waals surface area contributed by atoms with Crippen LogP contribution in [0.15, 0.2) is 53.4 Å². The highest BCUT2D eigenvalue weighted by Gasteiger charge is 2.11. The van der Waals surface area contributed by atoms with Crippen molar-refractivity contribution in [2.24, 2.45) is 0 Å². The third kappa shape index (κ3) is 6.11. The van der Waals surface area contributed by atoms with Crippen LogP contribution in [0.5, 0.6) is 5.75 Å². The maximum absolute atomic E-state index is 12.2. The zero-order chi connectivity index (χ0) is 18.1. The molecule has 2 aromatic rings. The predicted molar refractivity (Wildman–Crippen MR) is 102 cm³/mol. The summed E-state index contributed by atoms with van der Waals surface area (Å²) in [5, 5.41) is 13.0. The van der Waals surface area contributed by atoms with Crippen LogP contribution >= 0.6 is 11.8 Å². The molecule has 1 atom stereocenters. The van der Waals surface area contributed by atoms with Crippen molar-refractivity contribution in [3.63, 3.8) is 0 Å². The molecule has 0 bridgehead atoms. The second-order valence-corrected chi connectivity index (χ2v) is 6.61. The molecular formula is C20H25NO3S. The van der Waals surface area contributed by atoms with E-state index < -0.39 is 6.10 Å². The first-order valence-corrected chi connectivity index (χ1v) is 9.69. The van der Waals surface area contributed by atoms with Gasteiger partial charge in [0.15, 0.2) is 0 Å². The van der Waals surface area contributed by atoms with Gasteiger partial charge < -0.3 is 15.2 Å². The van der Waals surface area contributed by atoms with Gasteiger partial charge in [-0.3, -0.25) is 4.79 Å². The molecule has 25 heavy (non-hydrogen) atoms. The zero-order valence-corrected chi connectivity index (χ0v) is 15.5. The molecule has 0 aliphatic heterocycles. The molecule has 2 aromatic carbocycles. The van der Waals surface area contributed by atoms with Crippen LogP contribution < -0.4 is 10.1 Å². The summed E-state index contributed by atoms with van der Waals surface area (Å²) in [6, 6.07) is 14.7. The number of amides is 1. The van der Waals surface area contributed by atoms with Crippen molar-refractivity contribution in [1.29, 1.82) is 0 Å². The van der Waals surface area contributed by atoms with Gasteiger partial charge in [0.1, 0.15) is 5.75 Å². The molecular weight excluding hydrogens is 334 g/mol. The summed E-state index contributed by atoms with van der Waals surface area (Å²) < 4.78 is 5.58. The number of ether oxygens (including phenoxy) is 1. The number of carbonyl (C=O) groups is 1. The van der Waals surface area contributed by atoms with Crippen molar-refractivity contribution in [1.82, 2.24) is 5.32 Å². The van der Waals surface area contributed by atoms with Crippen molar-refractivity contribution in [3.8, 4) is 5.75 Å². The Morgan fingerprint density at radius 2 is 1.84 bits per heavy atom. The first kappa shape index (κ1) is 19.3. The monoisotopic (exact) mass is 359 g/mol. The smallest absolute Gasteiger partial charge is 0.251 e. The van der Waals surface area contributed by atoms with Crippen LogP contribution in [0.25, 0.3) is 0 Å². The highest BCUT2D eigenvalue weighted by atomic mass is 32.2. The number of thioether (sulfide) groups is 1. The molecule has 2 rings (SSSR count). The van der Waals surface area contributed by atoms with Gasteiger partial charge in [-0.05, 0) is 54.6 Å². The van der Waals surface area contributed by atoms with E-state index in [9.17, 15) is 9.90 Å². The molecule has 0 heterocycles. The standard InChI is InChI=1S/C20H25NO3S/c1-3-4-13-24-17-9-5-16(6-10-17)20(23)21-14-19(22)15-7-11-18(25-2)12-8-15/h5-12,19,22H,3-4,13-14H2,1-2H3,(H,21,23). The molecule has 4 nitrogen and oxygen atoms in total. The zero-order valence-electron chi connectivity index (χ0n) is 14.7. The van der Waals surface area contributed by atoms with E-state index in [0.29, 0.717) is 12.2 Å². The Labute approximate surface area is 153 Å². The average molecular weight is 359 g/mol. The highest BCUT2D eigenvalue weighted by Crippen LogP contribution is 2.19. The molecule has 2 N–H and O–H groups in total. The van der Waals surface area contributed by atoms with Gasteiger partial charge in [0, 0.05) is 17.0 Å². The van der Waals surface area contributed by atoms with E-state index in [1.54, 1.807) is 36.0 Å². The van der Waals surface area contributed by atoms with E-state index in [1.807, 2.05) is 30.5 Å². The fourth-order valence-corrected chi connectivity index (χ4v) is 2.68. The minimum Gasteiger partial charge on any atom is -0.494 e. The van der Waals surface area contributed by atoms with E-state index in [4.69, 9.17) is 4.74 Å². The van der Waals surface area contributed by atoms with Crippen molar-refractivity contribution in [2.75, 3.05) is 19.4 Å². The van der Waals surface area contributed by atoms with Gasteiger partial charge in [0.05, 0.1) is 12.7 Å². The van der Waals surface area contributed by atoms with Gasteiger partial charge in [-0.1, -0.05) is 25.5 Å². The second-order valence-electron chi connectivity index (χ2n) is 5.73. The van der Waals surface area contributed by atoms with E-state index in [-0.39, 0.29) is 12.5 Å². The van der Waals surface area contributed by atoms with E-state index in [1.165, 1.54) is 0 Å². The first-order valence-electron chi connectivity index (χ1n) is 8.47. The minimum atomic E-state index is -0.725. The third-order valence-electron chi connectivity index (χ3n) is 3.84. The van der Waals surface area contributed by atoms with Gasteiger partial charge in [0.2, 0.25) is 0 Å². The number of aliphatic hydroxyl groups is 1. The Hall–Kier alpha value is -1.98. The fraction of sp³-hybridized carbons (Fsp3) is 0.350. The minimum absolute atomic E-state index is 0.173.